The van der Waals surface area contributed by atoms with Crippen LogP contribution in [0.15, 0.2) is 35.4 Å². The molecule has 0 bridgehead atoms. The zero-order chi connectivity index (χ0) is 9.38. The molecule has 0 saturated carbocycles. The SMILES string of the molecule is C1=CC=c2c(ccc3c2=NCO3)C=C1. The van der Waals surface area contributed by atoms with Gasteiger partial charge in [-0.05, 0) is 11.6 Å². The number of allylic oxidation sites excluding steroid dienone is 3. The van der Waals surface area contributed by atoms with Crippen molar-refractivity contribution in [1.82, 2.24) is 0 Å². The lowest BCUT2D eigenvalue weighted by Crippen LogP contribution is -2.25. The second kappa shape index (κ2) is 2.84. The van der Waals surface area contributed by atoms with E-state index in [0.717, 1.165) is 16.3 Å². The summed E-state index contributed by atoms with van der Waals surface area (Å²) in [5.41, 5.74) is 1.20. The summed E-state index contributed by atoms with van der Waals surface area (Å²) in [5, 5.41) is 2.14. The molecule has 2 heteroatoms. The Hall–Kier alpha value is -1.83. The van der Waals surface area contributed by atoms with Crippen molar-refractivity contribution in [1.29, 1.82) is 0 Å². The molecule has 0 fully saturated rings. The third-order valence-corrected chi connectivity index (χ3v) is 2.42. The Labute approximate surface area is 81.5 Å². The van der Waals surface area contributed by atoms with Gasteiger partial charge in [0.15, 0.2) is 6.73 Å². The van der Waals surface area contributed by atoms with Crippen LogP contribution in [-0.4, -0.2) is 6.73 Å². The second-order valence-corrected chi connectivity index (χ2v) is 3.26. The van der Waals surface area contributed by atoms with E-state index in [1.807, 2.05) is 24.3 Å². The Bertz CT molecular complexity index is 552. The summed E-state index contributed by atoms with van der Waals surface area (Å²) in [6.07, 6.45) is 10.2. The number of hydrogen-bond donors (Lipinski definition) is 0. The molecule has 0 amide bonds. The summed E-state index contributed by atoms with van der Waals surface area (Å²) in [6, 6.07) is 4.04. The van der Waals surface area contributed by atoms with Crippen LogP contribution in [-0.2, 0) is 0 Å². The number of benzene rings is 1. The molecule has 0 atom stereocenters. The molecule has 0 aromatic heterocycles. The first-order valence-corrected chi connectivity index (χ1v) is 4.60. The first kappa shape index (κ1) is 7.56. The number of nitrogens with zero attached hydrogens (tertiary/aromatic N) is 1. The van der Waals surface area contributed by atoms with Crippen molar-refractivity contribution >= 4 is 12.2 Å². The van der Waals surface area contributed by atoms with E-state index in [2.05, 4.69) is 23.2 Å². The van der Waals surface area contributed by atoms with Gasteiger partial charge >= 0.3 is 0 Å². The fourth-order valence-corrected chi connectivity index (χ4v) is 1.75. The third kappa shape index (κ3) is 1.01. The summed E-state index contributed by atoms with van der Waals surface area (Å²) < 4.78 is 5.37. The normalized spacial score (nSPS) is 16.0. The number of rotatable bonds is 0. The van der Waals surface area contributed by atoms with Gasteiger partial charge in [0.05, 0.1) is 0 Å². The Kier molecular flexibility index (Phi) is 1.53. The van der Waals surface area contributed by atoms with E-state index < -0.39 is 0 Å². The molecule has 14 heavy (non-hydrogen) atoms. The monoisotopic (exact) mass is 183 g/mol. The Morgan fingerprint density at radius 3 is 3.14 bits per heavy atom. The smallest absolute Gasteiger partial charge is 0.180 e. The van der Waals surface area contributed by atoms with Gasteiger partial charge in [-0.2, -0.15) is 0 Å². The predicted molar refractivity (Wildman–Crippen MR) is 55.4 cm³/mol. The minimum Gasteiger partial charge on any atom is -0.469 e. The summed E-state index contributed by atoms with van der Waals surface area (Å²) in [6.45, 7) is 0.451. The molecule has 0 N–H and O–H groups in total. The van der Waals surface area contributed by atoms with Crippen LogP contribution >= 0.6 is 0 Å². The number of hydrogen-bond acceptors (Lipinski definition) is 2. The van der Waals surface area contributed by atoms with Gasteiger partial charge in [-0.25, -0.2) is 4.99 Å². The van der Waals surface area contributed by atoms with Crippen molar-refractivity contribution in [2.24, 2.45) is 4.99 Å². The van der Waals surface area contributed by atoms with Crippen LogP contribution in [0.4, 0.5) is 0 Å². The molecular weight excluding hydrogens is 174 g/mol. The van der Waals surface area contributed by atoms with Gasteiger partial charge in [0.1, 0.15) is 11.1 Å². The minimum atomic E-state index is 0.451. The van der Waals surface area contributed by atoms with E-state index in [9.17, 15) is 0 Å². The van der Waals surface area contributed by atoms with E-state index in [4.69, 9.17) is 4.74 Å². The molecule has 1 aliphatic heterocycles. The van der Waals surface area contributed by atoms with E-state index in [1.165, 1.54) is 5.56 Å². The van der Waals surface area contributed by atoms with E-state index in [1.54, 1.807) is 0 Å². The van der Waals surface area contributed by atoms with Gasteiger partial charge in [0.2, 0.25) is 0 Å². The highest BCUT2D eigenvalue weighted by molar-refractivity contribution is 5.60. The van der Waals surface area contributed by atoms with Gasteiger partial charge in [-0.3, -0.25) is 0 Å². The van der Waals surface area contributed by atoms with Gasteiger partial charge in [0, 0.05) is 5.22 Å². The second-order valence-electron chi connectivity index (χ2n) is 3.26. The summed E-state index contributed by atoms with van der Waals surface area (Å²) in [4.78, 5) is 4.33. The van der Waals surface area contributed by atoms with Crippen molar-refractivity contribution in [3.8, 4) is 5.75 Å². The molecule has 0 spiro atoms. The molecule has 0 unspecified atom stereocenters. The van der Waals surface area contributed by atoms with Crippen LogP contribution in [0, 0.1) is 0 Å². The quantitative estimate of drug-likeness (QED) is 0.588. The molecule has 3 rings (SSSR count). The Morgan fingerprint density at radius 1 is 1.14 bits per heavy atom. The summed E-state index contributed by atoms with van der Waals surface area (Å²) in [5.74, 6) is 0.892. The lowest BCUT2D eigenvalue weighted by Gasteiger charge is -1.97. The predicted octanol–water partition coefficient (Wildman–Crippen LogP) is 1.02. The first-order valence-electron chi connectivity index (χ1n) is 4.60. The van der Waals surface area contributed by atoms with Gasteiger partial charge in [0.25, 0.3) is 0 Å². The van der Waals surface area contributed by atoms with Gasteiger partial charge in [-0.1, -0.05) is 36.4 Å². The zero-order valence-corrected chi connectivity index (χ0v) is 7.60. The fraction of sp³-hybridized carbons (Fsp3) is 0.0833. The van der Waals surface area contributed by atoms with Crippen LogP contribution in [0.2, 0.25) is 0 Å². The van der Waals surface area contributed by atoms with Gasteiger partial charge < -0.3 is 4.74 Å². The first-order chi connectivity index (χ1) is 6.95. The largest absolute Gasteiger partial charge is 0.469 e. The van der Waals surface area contributed by atoms with Crippen molar-refractivity contribution in [2.45, 2.75) is 0 Å². The van der Waals surface area contributed by atoms with E-state index in [-0.39, 0.29) is 0 Å². The molecular formula is C12H9NO. The van der Waals surface area contributed by atoms with Crippen molar-refractivity contribution in [3.63, 3.8) is 0 Å². The fourth-order valence-electron chi connectivity index (χ4n) is 1.75. The highest BCUT2D eigenvalue weighted by Gasteiger charge is 2.07. The molecule has 1 aromatic carbocycles. The van der Waals surface area contributed by atoms with Crippen LogP contribution < -0.4 is 15.3 Å². The van der Waals surface area contributed by atoms with Crippen LogP contribution in [0.5, 0.6) is 5.75 Å². The molecule has 1 heterocycles. The molecule has 2 aliphatic rings. The molecule has 0 radical (unpaired) electrons. The molecule has 68 valence electrons. The van der Waals surface area contributed by atoms with Crippen LogP contribution in [0.1, 0.15) is 5.56 Å². The van der Waals surface area contributed by atoms with E-state index in [0.29, 0.717) is 6.73 Å². The third-order valence-electron chi connectivity index (χ3n) is 2.42. The van der Waals surface area contributed by atoms with Crippen LogP contribution in [0.25, 0.3) is 12.2 Å². The highest BCUT2D eigenvalue weighted by atomic mass is 16.5. The van der Waals surface area contributed by atoms with E-state index >= 15 is 0 Å². The maximum absolute atomic E-state index is 5.37. The molecule has 2 nitrogen and oxygen atoms in total. The molecule has 1 aromatic rings. The van der Waals surface area contributed by atoms with Crippen molar-refractivity contribution in [3.05, 3.63) is 46.5 Å². The average molecular weight is 183 g/mol. The standard InChI is InChI=1S/C12H9NO/c1-2-4-9-6-7-11-12(13-8-14-11)10(9)5-3-1/h1-7H,8H2. The van der Waals surface area contributed by atoms with Crippen molar-refractivity contribution < 1.29 is 4.74 Å². The minimum absolute atomic E-state index is 0.451. The lowest BCUT2D eigenvalue weighted by molar-refractivity contribution is 0.352. The summed E-state index contributed by atoms with van der Waals surface area (Å²) in [7, 11) is 0. The number of fused-ring (bicyclic) bond motifs is 3. The topological polar surface area (TPSA) is 21.6 Å². The molecule has 0 saturated heterocycles. The van der Waals surface area contributed by atoms with Crippen LogP contribution in [0.3, 0.4) is 0 Å². The number of ether oxygens (including phenoxy) is 1. The van der Waals surface area contributed by atoms with Gasteiger partial charge in [-0.15, -0.1) is 0 Å². The van der Waals surface area contributed by atoms with Crippen molar-refractivity contribution in [2.75, 3.05) is 6.73 Å². The maximum atomic E-state index is 5.37. The zero-order valence-electron chi connectivity index (χ0n) is 7.60. The molecule has 1 aliphatic carbocycles. The average Bonchev–Trinajstić information content (AvgIpc) is 2.55. The Balaban J connectivity index is 2.47. The lowest BCUT2D eigenvalue weighted by atomic mass is 10.1. The highest BCUT2D eigenvalue weighted by Crippen LogP contribution is 2.08. The Morgan fingerprint density at radius 2 is 2.14 bits per heavy atom. The summed E-state index contributed by atoms with van der Waals surface area (Å²) >= 11 is 0. The maximum Gasteiger partial charge on any atom is 0.180 e.